The molecule has 3 N–H and O–H groups in total. The van der Waals surface area contributed by atoms with Gasteiger partial charge in [0, 0.05) is 16.8 Å². The van der Waals surface area contributed by atoms with E-state index in [1.54, 1.807) is 17.8 Å². The molecule has 0 aromatic heterocycles. The van der Waals surface area contributed by atoms with E-state index >= 15 is 0 Å². The largest absolute Gasteiger partial charge is 0.398 e. The van der Waals surface area contributed by atoms with Gasteiger partial charge < -0.3 is 5.73 Å². The van der Waals surface area contributed by atoms with Crippen molar-refractivity contribution in [3.05, 3.63) is 23.2 Å². The lowest BCUT2D eigenvalue weighted by molar-refractivity contribution is 0.543. The number of hydrogen-bond acceptors (Lipinski definition) is 4. The van der Waals surface area contributed by atoms with Crippen LogP contribution in [0.2, 0.25) is 5.02 Å². The topological polar surface area (TPSA) is 72.2 Å². The minimum atomic E-state index is -3.59. The maximum atomic E-state index is 12.2. The lowest BCUT2D eigenvalue weighted by Gasteiger charge is -2.22. The Labute approximate surface area is 116 Å². The molecular formula is C11H15ClN2O2S2. The second kappa shape index (κ2) is 5.69. The summed E-state index contributed by atoms with van der Waals surface area (Å²) in [5.74, 6) is 1.90. The Hall–Kier alpha value is -0.430. The molecule has 18 heavy (non-hydrogen) atoms. The molecule has 2 rings (SSSR count). The number of nitrogens with two attached hydrogens (primary N) is 1. The van der Waals surface area contributed by atoms with E-state index in [1.807, 2.05) is 0 Å². The second-order valence-corrected chi connectivity index (χ2v) is 7.49. The van der Waals surface area contributed by atoms with E-state index in [0.717, 1.165) is 24.3 Å². The Balaban J connectivity index is 2.21. The average molecular weight is 307 g/mol. The Morgan fingerprint density at radius 1 is 1.44 bits per heavy atom. The van der Waals surface area contributed by atoms with E-state index in [2.05, 4.69) is 4.72 Å². The number of anilines is 1. The minimum absolute atomic E-state index is 0.0212. The predicted octanol–water partition coefficient (Wildman–Crippen LogP) is 2.10. The van der Waals surface area contributed by atoms with Crippen molar-refractivity contribution in [2.45, 2.75) is 23.8 Å². The standard InChI is InChI=1S/C11H15ClN2O2S2/c12-8-3-4-10(13)11(6-8)18(15,16)14-9-2-1-5-17-7-9/h3-4,6,9,14H,1-2,5,7,13H2. The molecule has 0 radical (unpaired) electrons. The SMILES string of the molecule is Nc1ccc(Cl)cc1S(=O)(=O)NC1CCCSC1. The fourth-order valence-electron chi connectivity index (χ4n) is 1.86. The van der Waals surface area contributed by atoms with Crippen LogP contribution < -0.4 is 10.5 Å². The number of nitrogen functional groups attached to an aromatic ring is 1. The molecule has 1 aromatic carbocycles. The zero-order valence-electron chi connectivity index (χ0n) is 9.73. The smallest absolute Gasteiger partial charge is 0.242 e. The Bertz CT molecular complexity index is 528. The molecule has 0 aliphatic carbocycles. The summed E-state index contributed by atoms with van der Waals surface area (Å²) in [6.07, 6.45) is 1.90. The maximum absolute atomic E-state index is 12.2. The molecule has 4 nitrogen and oxygen atoms in total. The van der Waals surface area contributed by atoms with Crippen LogP contribution in [0.5, 0.6) is 0 Å². The van der Waals surface area contributed by atoms with Gasteiger partial charge in [0.2, 0.25) is 10.0 Å². The van der Waals surface area contributed by atoms with Gasteiger partial charge in [-0.3, -0.25) is 0 Å². The number of nitrogens with one attached hydrogen (secondary N) is 1. The summed E-state index contributed by atoms with van der Waals surface area (Å²) in [5.41, 5.74) is 5.92. The van der Waals surface area contributed by atoms with Gasteiger partial charge in [-0.25, -0.2) is 13.1 Å². The first-order valence-electron chi connectivity index (χ1n) is 5.64. The minimum Gasteiger partial charge on any atom is -0.398 e. The van der Waals surface area contributed by atoms with Crippen LogP contribution in [0.15, 0.2) is 23.1 Å². The molecule has 0 bridgehead atoms. The number of sulfonamides is 1. The van der Waals surface area contributed by atoms with Crippen LogP contribution in [0.25, 0.3) is 0 Å². The van der Waals surface area contributed by atoms with Crippen LogP contribution in [0.4, 0.5) is 5.69 Å². The van der Waals surface area contributed by atoms with Crippen molar-refractivity contribution in [3.63, 3.8) is 0 Å². The summed E-state index contributed by atoms with van der Waals surface area (Å²) in [7, 11) is -3.59. The van der Waals surface area contributed by atoms with Crippen molar-refractivity contribution in [1.29, 1.82) is 0 Å². The van der Waals surface area contributed by atoms with Gasteiger partial charge in [0.1, 0.15) is 4.90 Å². The molecule has 100 valence electrons. The van der Waals surface area contributed by atoms with Gasteiger partial charge in [-0.2, -0.15) is 11.8 Å². The van der Waals surface area contributed by atoms with E-state index in [-0.39, 0.29) is 16.6 Å². The third-order valence-electron chi connectivity index (χ3n) is 2.75. The van der Waals surface area contributed by atoms with E-state index in [1.165, 1.54) is 12.1 Å². The van der Waals surface area contributed by atoms with E-state index in [0.29, 0.717) is 5.02 Å². The number of rotatable bonds is 3. The van der Waals surface area contributed by atoms with Crippen molar-refractivity contribution in [2.24, 2.45) is 0 Å². The third kappa shape index (κ3) is 3.32. The molecule has 0 saturated carbocycles. The first kappa shape index (κ1) is 14.0. The van der Waals surface area contributed by atoms with Gasteiger partial charge in [0.05, 0.1) is 5.69 Å². The first-order chi connectivity index (χ1) is 8.49. The summed E-state index contributed by atoms with van der Waals surface area (Å²) in [6, 6.07) is 4.45. The van der Waals surface area contributed by atoms with E-state index in [4.69, 9.17) is 17.3 Å². The van der Waals surface area contributed by atoms with Crippen LogP contribution in [-0.4, -0.2) is 26.0 Å². The molecule has 0 spiro atoms. The highest BCUT2D eigenvalue weighted by Crippen LogP contribution is 2.24. The molecule has 1 aliphatic heterocycles. The van der Waals surface area contributed by atoms with E-state index < -0.39 is 10.0 Å². The Kier molecular flexibility index (Phi) is 4.42. The van der Waals surface area contributed by atoms with Gasteiger partial charge in [0.15, 0.2) is 0 Å². The number of hydrogen-bond donors (Lipinski definition) is 2. The van der Waals surface area contributed by atoms with Gasteiger partial charge in [-0.15, -0.1) is 0 Å². The molecule has 1 fully saturated rings. The molecular weight excluding hydrogens is 292 g/mol. The van der Waals surface area contributed by atoms with Gasteiger partial charge in [-0.1, -0.05) is 11.6 Å². The van der Waals surface area contributed by atoms with Crippen molar-refractivity contribution in [3.8, 4) is 0 Å². The molecule has 1 aromatic rings. The quantitative estimate of drug-likeness (QED) is 0.839. The summed E-state index contributed by atoms with van der Waals surface area (Å²) < 4.78 is 27.1. The highest BCUT2D eigenvalue weighted by atomic mass is 35.5. The lowest BCUT2D eigenvalue weighted by Crippen LogP contribution is -2.38. The van der Waals surface area contributed by atoms with E-state index in [9.17, 15) is 8.42 Å². The zero-order valence-corrected chi connectivity index (χ0v) is 12.1. The number of halogens is 1. The molecule has 1 saturated heterocycles. The van der Waals surface area contributed by atoms with Crippen molar-refractivity contribution >= 4 is 39.1 Å². The Morgan fingerprint density at radius 3 is 2.89 bits per heavy atom. The normalized spacial score (nSPS) is 20.8. The summed E-state index contributed by atoms with van der Waals surface area (Å²) in [6.45, 7) is 0. The van der Waals surface area contributed by atoms with Crippen LogP contribution in [0, 0.1) is 0 Å². The molecule has 1 aliphatic rings. The van der Waals surface area contributed by atoms with Gasteiger partial charge >= 0.3 is 0 Å². The predicted molar refractivity (Wildman–Crippen MR) is 76.5 cm³/mol. The average Bonchev–Trinajstić information content (AvgIpc) is 2.33. The monoisotopic (exact) mass is 306 g/mol. The Morgan fingerprint density at radius 2 is 2.22 bits per heavy atom. The van der Waals surface area contributed by atoms with Crippen LogP contribution >= 0.6 is 23.4 Å². The summed E-state index contributed by atoms with van der Waals surface area (Å²) in [4.78, 5) is 0.0607. The number of thioether (sulfide) groups is 1. The zero-order chi connectivity index (χ0) is 13.2. The van der Waals surface area contributed by atoms with Crippen molar-refractivity contribution in [2.75, 3.05) is 17.2 Å². The van der Waals surface area contributed by atoms with Crippen molar-refractivity contribution < 1.29 is 8.42 Å². The molecule has 1 heterocycles. The highest BCUT2D eigenvalue weighted by Gasteiger charge is 2.23. The summed E-state index contributed by atoms with van der Waals surface area (Å²) in [5, 5.41) is 0.364. The fraction of sp³-hybridized carbons (Fsp3) is 0.455. The highest BCUT2D eigenvalue weighted by molar-refractivity contribution is 7.99. The fourth-order valence-corrected chi connectivity index (χ4v) is 4.70. The number of benzene rings is 1. The third-order valence-corrected chi connectivity index (χ3v) is 5.77. The molecule has 7 heteroatoms. The van der Waals surface area contributed by atoms with Gasteiger partial charge in [-0.05, 0) is 36.8 Å². The maximum Gasteiger partial charge on any atom is 0.242 e. The lowest BCUT2D eigenvalue weighted by atomic mass is 10.2. The van der Waals surface area contributed by atoms with Gasteiger partial charge in [0.25, 0.3) is 0 Å². The summed E-state index contributed by atoms with van der Waals surface area (Å²) >= 11 is 7.58. The second-order valence-electron chi connectivity index (χ2n) is 4.22. The van der Waals surface area contributed by atoms with Crippen LogP contribution in [0.1, 0.15) is 12.8 Å². The molecule has 0 amide bonds. The van der Waals surface area contributed by atoms with Crippen molar-refractivity contribution in [1.82, 2.24) is 4.72 Å². The van der Waals surface area contributed by atoms with Crippen LogP contribution in [0.3, 0.4) is 0 Å². The first-order valence-corrected chi connectivity index (χ1v) is 8.66. The molecule has 1 unspecified atom stereocenters. The molecule has 1 atom stereocenters. The van der Waals surface area contributed by atoms with Crippen LogP contribution in [-0.2, 0) is 10.0 Å².